The number of hydrogen-bond acceptors (Lipinski definition) is 6. The van der Waals surface area contributed by atoms with Crippen molar-refractivity contribution in [2.75, 3.05) is 6.61 Å². The Kier molecular flexibility index (Phi) is 11.9. The van der Waals surface area contributed by atoms with E-state index in [-0.39, 0.29) is 58.0 Å². The standard InChI is InChI=1S/C9H16O7S.K/c1-2-3-4-5-16-9(12)7(6-8(10)11)17(13,14)15;/h7H,2-6H2,1H3,(H,10,11)(H,13,14,15);/q;+1/p-1. The largest absolute Gasteiger partial charge is 1.00 e. The minimum atomic E-state index is -4.80. The first-order valence-corrected chi connectivity index (χ1v) is 6.62. The Morgan fingerprint density at radius 1 is 1.33 bits per heavy atom. The molecule has 0 aromatic carbocycles. The van der Waals surface area contributed by atoms with Gasteiger partial charge in [-0.05, 0) is 6.42 Å². The molecule has 18 heavy (non-hydrogen) atoms. The Labute approximate surface area is 148 Å². The molecule has 9 heteroatoms. The zero-order valence-corrected chi connectivity index (χ0v) is 14.4. The number of rotatable bonds is 8. The maximum Gasteiger partial charge on any atom is 1.00 e. The molecule has 0 aromatic heterocycles. The molecular formula is C9H15KO7S. The maximum absolute atomic E-state index is 11.2. The van der Waals surface area contributed by atoms with Crippen molar-refractivity contribution in [2.24, 2.45) is 0 Å². The summed E-state index contributed by atoms with van der Waals surface area (Å²) in [6.07, 6.45) is 1.11. The van der Waals surface area contributed by atoms with Crippen LogP contribution >= 0.6 is 0 Å². The molecule has 7 nitrogen and oxygen atoms in total. The van der Waals surface area contributed by atoms with E-state index in [0.717, 1.165) is 12.8 Å². The first kappa shape index (κ1) is 20.8. The number of carboxylic acid groups (broad SMARTS) is 1. The molecular weight excluding hydrogens is 291 g/mol. The van der Waals surface area contributed by atoms with E-state index >= 15 is 0 Å². The van der Waals surface area contributed by atoms with E-state index in [1.807, 2.05) is 6.92 Å². The molecule has 0 fully saturated rings. The molecule has 0 saturated carbocycles. The summed E-state index contributed by atoms with van der Waals surface area (Å²) in [5.74, 6) is -3.02. The molecule has 1 N–H and O–H groups in total. The second-order valence-corrected chi connectivity index (χ2v) is 5.05. The Morgan fingerprint density at radius 2 is 1.89 bits per heavy atom. The molecule has 1 unspecified atom stereocenters. The number of aliphatic carboxylic acids is 1. The predicted molar refractivity (Wildman–Crippen MR) is 55.4 cm³/mol. The van der Waals surface area contributed by atoms with E-state index in [0.29, 0.717) is 6.42 Å². The van der Waals surface area contributed by atoms with Gasteiger partial charge in [-0.2, -0.15) is 8.42 Å². The van der Waals surface area contributed by atoms with Gasteiger partial charge in [-0.15, -0.1) is 0 Å². The number of esters is 1. The monoisotopic (exact) mass is 306 g/mol. The van der Waals surface area contributed by atoms with Crippen molar-refractivity contribution >= 4 is 22.1 Å². The number of hydrogen-bond donors (Lipinski definition) is 1. The fourth-order valence-corrected chi connectivity index (χ4v) is 1.74. The fourth-order valence-electron chi connectivity index (χ4n) is 1.08. The van der Waals surface area contributed by atoms with Crippen molar-refractivity contribution in [3.05, 3.63) is 0 Å². The smallest absolute Gasteiger partial charge is 0.550 e. The molecule has 0 heterocycles. The van der Waals surface area contributed by atoms with Crippen LogP contribution in [0.4, 0.5) is 0 Å². The fraction of sp³-hybridized carbons (Fsp3) is 0.778. The Morgan fingerprint density at radius 3 is 2.28 bits per heavy atom. The van der Waals surface area contributed by atoms with Crippen molar-refractivity contribution < 1.29 is 83.8 Å². The molecule has 0 spiro atoms. The van der Waals surface area contributed by atoms with Crippen LogP contribution in [0.3, 0.4) is 0 Å². The van der Waals surface area contributed by atoms with Gasteiger partial charge in [0.05, 0.1) is 6.61 Å². The second-order valence-electron chi connectivity index (χ2n) is 3.45. The normalized spacial score (nSPS) is 12.3. The summed E-state index contributed by atoms with van der Waals surface area (Å²) in [6, 6.07) is 0. The van der Waals surface area contributed by atoms with Gasteiger partial charge in [-0.25, -0.2) is 0 Å². The first-order valence-electron chi connectivity index (χ1n) is 5.11. The molecule has 0 radical (unpaired) electrons. The number of carboxylic acids is 1. The molecule has 1 atom stereocenters. The van der Waals surface area contributed by atoms with Gasteiger partial charge in [0, 0.05) is 12.4 Å². The molecule has 0 aliphatic carbocycles. The van der Waals surface area contributed by atoms with Crippen LogP contribution in [0.2, 0.25) is 0 Å². The predicted octanol–water partition coefficient (Wildman–Crippen LogP) is -3.88. The van der Waals surface area contributed by atoms with Gasteiger partial charge in [0.25, 0.3) is 10.1 Å². The maximum atomic E-state index is 11.2. The summed E-state index contributed by atoms with van der Waals surface area (Å²) in [7, 11) is -4.80. The minimum absolute atomic E-state index is 0. The summed E-state index contributed by atoms with van der Waals surface area (Å²) >= 11 is 0. The first-order chi connectivity index (χ1) is 7.79. The van der Waals surface area contributed by atoms with E-state index in [1.54, 1.807) is 0 Å². The average molecular weight is 306 g/mol. The summed E-state index contributed by atoms with van der Waals surface area (Å²) in [6.45, 7) is 1.92. The van der Waals surface area contributed by atoms with Crippen molar-refractivity contribution in [1.29, 1.82) is 0 Å². The molecule has 100 valence electrons. The van der Waals surface area contributed by atoms with Crippen molar-refractivity contribution in [3.8, 4) is 0 Å². The summed E-state index contributed by atoms with van der Waals surface area (Å²) in [5.41, 5.74) is 0. The van der Waals surface area contributed by atoms with Gasteiger partial charge in [-0.1, -0.05) is 19.8 Å². The molecule has 0 rings (SSSR count). The van der Waals surface area contributed by atoms with Crippen LogP contribution in [0.25, 0.3) is 0 Å². The number of ether oxygens (including phenoxy) is 1. The second kappa shape index (κ2) is 10.3. The van der Waals surface area contributed by atoms with Crippen LogP contribution in [0.5, 0.6) is 0 Å². The van der Waals surface area contributed by atoms with E-state index in [4.69, 9.17) is 4.55 Å². The van der Waals surface area contributed by atoms with Gasteiger partial charge in [0.15, 0.2) is 5.25 Å². The third-order valence-corrected chi connectivity index (χ3v) is 3.04. The minimum Gasteiger partial charge on any atom is -0.550 e. The van der Waals surface area contributed by atoms with Crippen molar-refractivity contribution in [1.82, 2.24) is 0 Å². The van der Waals surface area contributed by atoms with Crippen LogP contribution in [0, 0.1) is 0 Å². The van der Waals surface area contributed by atoms with E-state index in [1.165, 1.54) is 0 Å². The van der Waals surface area contributed by atoms with E-state index < -0.39 is 33.7 Å². The molecule has 0 bridgehead atoms. The van der Waals surface area contributed by atoms with Gasteiger partial charge in [0.2, 0.25) is 0 Å². The van der Waals surface area contributed by atoms with Gasteiger partial charge >= 0.3 is 57.4 Å². The summed E-state index contributed by atoms with van der Waals surface area (Å²) < 4.78 is 34.8. The van der Waals surface area contributed by atoms with Crippen LogP contribution in [-0.4, -0.2) is 36.8 Å². The summed E-state index contributed by atoms with van der Waals surface area (Å²) in [4.78, 5) is 21.5. The van der Waals surface area contributed by atoms with Gasteiger partial charge in [-0.3, -0.25) is 9.35 Å². The third kappa shape index (κ3) is 9.42. The van der Waals surface area contributed by atoms with E-state index in [2.05, 4.69) is 4.74 Å². The van der Waals surface area contributed by atoms with Crippen LogP contribution in [-0.2, 0) is 24.4 Å². The zero-order valence-electron chi connectivity index (χ0n) is 10.4. The Hall–Kier alpha value is 0.486. The average Bonchev–Trinajstić information content (AvgIpc) is 2.19. The number of unbranched alkanes of at least 4 members (excludes halogenated alkanes) is 2. The topological polar surface area (TPSA) is 121 Å². The zero-order chi connectivity index (χ0) is 13.5. The Bertz CT molecular complexity index is 365. The molecule has 0 aliphatic rings. The molecule has 0 saturated heterocycles. The SMILES string of the molecule is CCCCCOC(=O)C(CC(=O)[O-])S(=O)(=O)O.[K+]. The van der Waals surface area contributed by atoms with Gasteiger partial charge < -0.3 is 14.6 Å². The van der Waals surface area contributed by atoms with Gasteiger partial charge in [0.1, 0.15) is 0 Å². The Balaban J connectivity index is 0. The number of carbonyl (C=O) groups is 2. The van der Waals surface area contributed by atoms with E-state index in [9.17, 15) is 23.1 Å². The van der Waals surface area contributed by atoms with Crippen molar-refractivity contribution in [2.45, 2.75) is 37.9 Å². The van der Waals surface area contributed by atoms with Crippen LogP contribution in [0.1, 0.15) is 32.6 Å². The molecule has 0 aromatic rings. The summed E-state index contributed by atoms with van der Waals surface area (Å²) in [5, 5.41) is 8.13. The van der Waals surface area contributed by atoms with Crippen LogP contribution in [0.15, 0.2) is 0 Å². The molecule has 0 aliphatic heterocycles. The quantitative estimate of drug-likeness (QED) is 0.211. The third-order valence-electron chi connectivity index (χ3n) is 1.97. The van der Waals surface area contributed by atoms with Crippen LogP contribution < -0.4 is 56.5 Å². The van der Waals surface area contributed by atoms with Crippen molar-refractivity contribution in [3.63, 3.8) is 0 Å². The molecule has 0 amide bonds. The number of carbonyl (C=O) groups excluding carboxylic acids is 2.